The van der Waals surface area contributed by atoms with E-state index in [-0.39, 0.29) is 0 Å². The van der Waals surface area contributed by atoms with Crippen molar-refractivity contribution in [3.63, 3.8) is 0 Å². The smallest absolute Gasteiger partial charge is 0.408 e. The van der Waals surface area contributed by atoms with Gasteiger partial charge in [-0.2, -0.15) is 4.98 Å². The van der Waals surface area contributed by atoms with Gasteiger partial charge < -0.3 is 20.8 Å². The van der Waals surface area contributed by atoms with Crippen LogP contribution in [-0.4, -0.2) is 20.9 Å². The van der Waals surface area contributed by atoms with Gasteiger partial charge in [-0.3, -0.25) is 9.78 Å². The fourth-order valence-corrected chi connectivity index (χ4v) is 4.24. The third-order valence-electron chi connectivity index (χ3n) is 6.19. The molecule has 0 atom stereocenters. The van der Waals surface area contributed by atoms with Crippen molar-refractivity contribution < 1.29 is 9.21 Å². The van der Waals surface area contributed by atoms with Crippen molar-refractivity contribution in [1.82, 2.24) is 15.0 Å². The lowest BCUT2D eigenvalue weighted by atomic mass is 9.76. The monoisotopic (exact) mass is 444 g/mol. The van der Waals surface area contributed by atoms with Crippen LogP contribution in [0.15, 0.2) is 45.7 Å². The number of rotatable bonds is 6. The van der Waals surface area contributed by atoms with Crippen LogP contribution in [0.25, 0.3) is 11.1 Å². The minimum Gasteiger partial charge on any atom is -0.408 e. The quantitative estimate of drug-likeness (QED) is 0.346. The van der Waals surface area contributed by atoms with Crippen molar-refractivity contribution in [2.24, 2.45) is 5.73 Å². The first kappa shape index (κ1) is 20.7. The van der Waals surface area contributed by atoms with Crippen LogP contribution in [0.2, 0.25) is 0 Å². The third kappa shape index (κ3) is 3.93. The molecule has 4 aromatic rings. The summed E-state index contributed by atoms with van der Waals surface area (Å²) in [6, 6.07) is 8.94. The Morgan fingerprint density at radius 1 is 1.18 bits per heavy atom. The standard InChI is InChI=1S/C24H24N6O3/c1-12-11-26-23(30-22(12)27-15-6-9-19-18(10-15)29-24(32)33-19)28-17-8-7-16(21(25)31)13(2)20(17)14-4-3-5-14/h6-11,14H,3-5H2,1-2H3,(H2,25,31)(H,29,32)(H2,26,27,28,30). The molecule has 168 valence electrons. The van der Waals surface area contributed by atoms with Gasteiger partial charge in [0.15, 0.2) is 5.58 Å². The third-order valence-corrected chi connectivity index (χ3v) is 6.19. The Morgan fingerprint density at radius 3 is 2.73 bits per heavy atom. The van der Waals surface area contributed by atoms with E-state index >= 15 is 0 Å². The Morgan fingerprint density at radius 2 is 2.00 bits per heavy atom. The predicted octanol–water partition coefficient (Wildman–Crippen LogP) is 4.38. The Balaban J connectivity index is 1.46. The summed E-state index contributed by atoms with van der Waals surface area (Å²) in [7, 11) is 0. The lowest BCUT2D eigenvalue weighted by molar-refractivity contribution is 0.0999. The lowest BCUT2D eigenvalue weighted by Gasteiger charge is -2.30. The fraction of sp³-hybridized carbons (Fsp3) is 0.250. The van der Waals surface area contributed by atoms with Gasteiger partial charge in [0.2, 0.25) is 11.9 Å². The van der Waals surface area contributed by atoms with Crippen LogP contribution in [0, 0.1) is 13.8 Å². The molecule has 0 saturated heterocycles. The average Bonchev–Trinajstić information content (AvgIpc) is 3.10. The number of aromatic amines is 1. The molecule has 5 N–H and O–H groups in total. The highest BCUT2D eigenvalue weighted by atomic mass is 16.4. The molecular formula is C24H24N6O3. The van der Waals surface area contributed by atoms with Crippen LogP contribution in [0.4, 0.5) is 23.1 Å². The van der Waals surface area contributed by atoms with Gasteiger partial charge in [0.1, 0.15) is 5.82 Å². The molecule has 1 amide bonds. The first-order valence-corrected chi connectivity index (χ1v) is 10.8. The second kappa shape index (κ2) is 8.09. The molecule has 1 fully saturated rings. The van der Waals surface area contributed by atoms with Crippen molar-refractivity contribution in [2.75, 3.05) is 10.6 Å². The number of nitrogens with two attached hydrogens (primary N) is 1. The van der Waals surface area contributed by atoms with Crippen LogP contribution in [0.1, 0.15) is 52.2 Å². The molecule has 0 unspecified atom stereocenters. The molecule has 0 bridgehead atoms. The summed E-state index contributed by atoms with van der Waals surface area (Å²) in [4.78, 5) is 35.0. The van der Waals surface area contributed by atoms with E-state index in [9.17, 15) is 9.59 Å². The average molecular weight is 444 g/mol. The summed E-state index contributed by atoms with van der Waals surface area (Å²) in [5.74, 6) is 0.542. The van der Waals surface area contributed by atoms with Gasteiger partial charge in [-0.25, -0.2) is 9.78 Å². The molecule has 9 nitrogen and oxygen atoms in total. The molecule has 33 heavy (non-hydrogen) atoms. The Kier molecular flexibility index (Phi) is 5.08. The number of aromatic nitrogens is 3. The molecule has 1 aliphatic rings. The number of fused-ring (bicyclic) bond motifs is 1. The second-order valence-corrected chi connectivity index (χ2v) is 8.39. The molecule has 5 rings (SSSR count). The van der Waals surface area contributed by atoms with Crippen LogP contribution in [-0.2, 0) is 0 Å². The highest BCUT2D eigenvalue weighted by Gasteiger charge is 2.26. The number of hydrogen-bond acceptors (Lipinski definition) is 7. The Bertz CT molecular complexity index is 1430. The predicted molar refractivity (Wildman–Crippen MR) is 126 cm³/mol. The maximum absolute atomic E-state index is 11.9. The molecule has 2 aromatic carbocycles. The summed E-state index contributed by atoms with van der Waals surface area (Å²) in [5, 5.41) is 6.62. The number of primary amides is 1. The Hall–Kier alpha value is -4.14. The molecule has 2 heterocycles. The first-order valence-electron chi connectivity index (χ1n) is 10.8. The fourth-order valence-electron chi connectivity index (χ4n) is 4.24. The zero-order valence-electron chi connectivity index (χ0n) is 18.4. The van der Waals surface area contributed by atoms with E-state index in [0.717, 1.165) is 40.9 Å². The van der Waals surface area contributed by atoms with Gasteiger partial charge in [0, 0.05) is 28.7 Å². The highest BCUT2D eigenvalue weighted by Crippen LogP contribution is 2.43. The molecule has 1 saturated carbocycles. The number of benzene rings is 2. The van der Waals surface area contributed by atoms with Crippen molar-refractivity contribution >= 4 is 40.1 Å². The van der Waals surface area contributed by atoms with Crippen molar-refractivity contribution in [1.29, 1.82) is 0 Å². The number of H-pyrrole nitrogens is 1. The minimum absolute atomic E-state index is 0.388. The molecule has 2 aromatic heterocycles. The van der Waals surface area contributed by atoms with E-state index in [1.165, 1.54) is 6.42 Å². The van der Waals surface area contributed by atoms with E-state index in [1.807, 2.05) is 26.0 Å². The van der Waals surface area contributed by atoms with Crippen LogP contribution in [0.3, 0.4) is 0 Å². The second-order valence-electron chi connectivity index (χ2n) is 8.39. The number of nitrogens with one attached hydrogen (secondary N) is 3. The molecule has 0 radical (unpaired) electrons. The number of anilines is 4. The van der Waals surface area contributed by atoms with Crippen LogP contribution < -0.4 is 22.1 Å². The maximum atomic E-state index is 11.9. The van der Waals surface area contributed by atoms with Crippen LogP contribution >= 0.6 is 0 Å². The first-order chi connectivity index (χ1) is 15.9. The zero-order valence-corrected chi connectivity index (χ0v) is 18.4. The number of nitrogens with zero attached hydrogens (tertiary/aromatic N) is 2. The summed E-state index contributed by atoms with van der Waals surface area (Å²) < 4.78 is 5.06. The van der Waals surface area contributed by atoms with Gasteiger partial charge >= 0.3 is 5.76 Å². The summed E-state index contributed by atoms with van der Waals surface area (Å²) in [6.45, 7) is 3.86. The van der Waals surface area contributed by atoms with Crippen molar-refractivity contribution in [3.05, 3.63) is 69.3 Å². The van der Waals surface area contributed by atoms with Gasteiger partial charge in [-0.05, 0) is 74.1 Å². The molecule has 0 spiro atoms. The normalized spacial score (nSPS) is 13.6. The van der Waals surface area contributed by atoms with E-state index in [1.54, 1.807) is 24.4 Å². The van der Waals surface area contributed by atoms with E-state index < -0.39 is 11.7 Å². The highest BCUT2D eigenvalue weighted by molar-refractivity contribution is 5.95. The number of carbonyl (C=O) groups excluding carboxylic acids is 1. The minimum atomic E-state index is -0.494. The molecule has 1 aliphatic carbocycles. The van der Waals surface area contributed by atoms with Gasteiger partial charge in [-0.15, -0.1) is 0 Å². The number of aryl methyl sites for hydroxylation is 1. The van der Waals surface area contributed by atoms with E-state index in [2.05, 4.69) is 25.6 Å². The number of carbonyl (C=O) groups is 1. The van der Waals surface area contributed by atoms with Crippen LogP contribution in [0.5, 0.6) is 0 Å². The number of hydrogen-bond donors (Lipinski definition) is 4. The number of amides is 1. The number of oxazole rings is 1. The van der Waals surface area contributed by atoms with Gasteiger partial charge in [0.25, 0.3) is 0 Å². The maximum Gasteiger partial charge on any atom is 0.417 e. The largest absolute Gasteiger partial charge is 0.417 e. The van der Waals surface area contributed by atoms with Crippen molar-refractivity contribution in [2.45, 2.75) is 39.0 Å². The van der Waals surface area contributed by atoms with Crippen molar-refractivity contribution in [3.8, 4) is 0 Å². The molecule has 0 aliphatic heterocycles. The SMILES string of the molecule is Cc1cnc(Nc2ccc(C(N)=O)c(C)c2C2CCC2)nc1Nc1ccc2oc(=O)[nH]c2c1. The van der Waals surface area contributed by atoms with E-state index in [0.29, 0.717) is 34.3 Å². The molecule has 9 heteroatoms. The van der Waals surface area contributed by atoms with Gasteiger partial charge in [-0.1, -0.05) is 6.42 Å². The summed E-state index contributed by atoms with van der Waals surface area (Å²) in [5.41, 5.74) is 11.7. The zero-order chi connectivity index (χ0) is 23.1. The van der Waals surface area contributed by atoms with Gasteiger partial charge in [0.05, 0.1) is 5.52 Å². The Labute approximate surface area is 189 Å². The van der Waals surface area contributed by atoms with E-state index in [4.69, 9.17) is 10.2 Å². The molecular weight excluding hydrogens is 420 g/mol. The summed E-state index contributed by atoms with van der Waals surface area (Å²) in [6.07, 6.45) is 5.07. The lowest BCUT2D eigenvalue weighted by Crippen LogP contribution is -2.18. The topological polar surface area (TPSA) is 139 Å². The summed E-state index contributed by atoms with van der Waals surface area (Å²) >= 11 is 0.